The van der Waals surface area contributed by atoms with Crippen LogP contribution < -0.4 is 10.1 Å². The molecule has 0 aliphatic heterocycles. The Morgan fingerprint density at radius 2 is 2.05 bits per heavy atom. The highest BCUT2D eigenvalue weighted by Gasteiger charge is 2.20. The summed E-state index contributed by atoms with van der Waals surface area (Å²) in [6, 6.07) is 5.92. The minimum Gasteiger partial charge on any atom is -0.491 e. The van der Waals surface area contributed by atoms with E-state index in [4.69, 9.17) is 21.1 Å². The monoisotopic (exact) mass is 299 g/mol. The van der Waals surface area contributed by atoms with Crippen molar-refractivity contribution < 1.29 is 9.47 Å². The summed E-state index contributed by atoms with van der Waals surface area (Å²) in [4.78, 5) is 0. The van der Waals surface area contributed by atoms with Gasteiger partial charge in [-0.05, 0) is 51.8 Å². The minimum atomic E-state index is -0.157. The molecule has 0 amide bonds. The molecule has 1 aromatic rings. The Balaban J connectivity index is 2.76. The first kappa shape index (κ1) is 17.1. The molecular formula is C16H26ClNO2. The summed E-state index contributed by atoms with van der Waals surface area (Å²) in [5.41, 5.74) is 0.778. The van der Waals surface area contributed by atoms with E-state index >= 15 is 0 Å². The Labute approximate surface area is 127 Å². The Morgan fingerprint density at radius 3 is 2.65 bits per heavy atom. The number of nitrogens with one attached hydrogen (secondary N) is 1. The molecule has 0 radical (unpaired) electrons. The van der Waals surface area contributed by atoms with Crippen LogP contribution in [0.15, 0.2) is 18.2 Å². The van der Waals surface area contributed by atoms with Crippen molar-refractivity contribution in [3.05, 3.63) is 23.2 Å². The Morgan fingerprint density at radius 1 is 1.35 bits per heavy atom. The van der Waals surface area contributed by atoms with Crippen LogP contribution in [0.5, 0.6) is 5.75 Å². The number of methoxy groups -OCH3 is 1. The van der Waals surface area contributed by atoms with Crippen molar-refractivity contribution in [3.63, 3.8) is 0 Å². The van der Waals surface area contributed by atoms with E-state index in [1.165, 1.54) is 0 Å². The molecule has 0 spiro atoms. The van der Waals surface area contributed by atoms with E-state index in [2.05, 4.69) is 33.0 Å². The van der Waals surface area contributed by atoms with Crippen molar-refractivity contribution in [3.8, 4) is 5.75 Å². The number of ether oxygens (including phenoxy) is 2. The highest BCUT2D eigenvalue weighted by molar-refractivity contribution is 6.30. The summed E-state index contributed by atoms with van der Waals surface area (Å²) in [6.45, 7) is 9.08. The molecule has 0 saturated carbocycles. The lowest BCUT2D eigenvalue weighted by Gasteiger charge is -2.28. The smallest absolute Gasteiger partial charge is 0.142 e. The normalized spacial score (nSPS) is 13.1. The van der Waals surface area contributed by atoms with E-state index in [9.17, 15) is 0 Å². The van der Waals surface area contributed by atoms with Crippen LogP contribution >= 0.6 is 11.6 Å². The molecule has 0 bridgehead atoms. The number of rotatable bonds is 8. The molecule has 0 aliphatic carbocycles. The third-order valence-electron chi connectivity index (χ3n) is 3.16. The highest BCUT2D eigenvalue weighted by atomic mass is 35.5. The van der Waals surface area contributed by atoms with Gasteiger partial charge in [0.25, 0.3) is 0 Å². The second-order valence-electron chi connectivity index (χ2n) is 5.70. The number of hydrogen-bond acceptors (Lipinski definition) is 3. The molecule has 114 valence electrons. The Kier molecular flexibility index (Phi) is 6.63. The third-order valence-corrected chi connectivity index (χ3v) is 3.39. The standard InChI is InChI=1S/C16H26ClNO2/c1-6-9-20-15-8-7-13(17)10-14(15)18-12(2)11-16(3,4)19-5/h7-8,10,12,18H,6,9,11H2,1-5H3. The first-order valence-electron chi connectivity index (χ1n) is 7.12. The Bertz CT molecular complexity index is 421. The quantitative estimate of drug-likeness (QED) is 0.752. The summed E-state index contributed by atoms with van der Waals surface area (Å²) in [6.07, 6.45) is 1.87. The fourth-order valence-electron chi connectivity index (χ4n) is 2.09. The van der Waals surface area contributed by atoms with Crippen molar-refractivity contribution in [2.75, 3.05) is 19.0 Å². The first-order chi connectivity index (χ1) is 9.38. The minimum absolute atomic E-state index is 0.157. The largest absolute Gasteiger partial charge is 0.491 e. The predicted octanol–water partition coefficient (Wildman–Crippen LogP) is 4.74. The number of hydrogen-bond donors (Lipinski definition) is 1. The molecule has 0 heterocycles. The zero-order valence-electron chi connectivity index (χ0n) is 13.1. The molecule has 1 atom stereocenters. The molecule has 0 saturated heterocycles. The van der Waals surface area contributed by atoms with Crippen molar-refractivity contribution in [2.24, 2.45) is 0 Å². The van der Waals surface area contributed by atoms with E-state index in [1.54, 1.807) is 7.11 Å². The topological polar surface area (TPSA) is 30.5 Å². The molecule has 0 aliphatic rings. The fourth-order valence-corrected chi connectivity index (χ4v) is 2.26. The molecule has 1 rings (SSSR count). The van der Waals surface area contributed by atoms with E-state index in [1.807, 2.05) is 18.2 Å². The lowest BCUT2D eigenvalue weighted by atomic mass is 9.99. The molecule has 3 nitrogen and oxygen atoms in total. The molecule has 20 heavy (non-hydrogen) atoms. The van der Waals surface area contributed by atoms with Gasteiger partial charge in [-0.25, -0.2) is 0 Å². The van der Waals surface area contributed by atoms with Gasteiger partial charge in [0.05, 0.1) is 17.9 Å². The molecule has 1 unspecified atom stereocenters. The number of benzene rings is 1. The summed E-state index contributed by atoms with van der Waals surface area (Å²) in [5.74, 6) is 0.846. The van der Waals surface area contributed by atoms with E-state index in [0.29, 0.717) is 11.6 Å². The SMILES string of the molecule is CCCOc1ccc(Cl)cc1NC(C)CC(C)(C)OC. The van der Waals surface area contributed by atoms with Crippen LogP contribution in [0.1, 0.15) is 40.5 Å². The maximum Gasteiger partial charge on any atom is 0.142 e. The van der Waals surface area contributed by atoms with E-state index < -0.39 is 0 Å². The molecule has 1 N–H and O–H groups in total. The van der Waals surface area contributed by atoms with Gasteiger partial charge in [-0.3, -0.25) is 0 Å². The van der Waals surface area contributed by atoms with Crippen LogP contribution in [0.2, 0.25) is 5.02 Å². The van der Waals surface area contributed by atoms with Crippen LogP contribution in [0.3, 0.4) is 0 Å². The second-order valence-corrected chi connectivity index (χ2v) is 6.14. The summed E-state index contributed by atoms with van der Waals surface area (Å²) < 4.78 is 11.2. The van der Waals surface area contributed by atoms with E-state index in [0.717, 1.165) is 24.3 Å². The van der Waals surface area contributed by atoms with Crippen LogP contribution in [0.25, 0.3) is 0 Å². The van der Waals surface area contributed by atoms with Crippen molar-refractivity contribution in [1.82, 2.24) is 0 Å². The second kappa shape index (κ2) is 7.75. The zero-order chi connectivity index (χ0) is 15.2. The zero-order valence-corrected chi connectivity index (χ0v) is 13.9. The van der Waals surface area contributed by atoms with Gasteiger partial charge in [0.15, 0.2) is 0 Å². The fraction of sp³-hybridized carbons (Fsp3) is 0.625. The molecule has 0 fully saturated rings. The van der Waals surface area contributed by atoms with Gasteiger partial charge in [0.1, 0.15) is 5.75 Å². The van der Waals surface area contributed by atoms with E-state index in [-0.39, 0.29) is 11.6 Å². The number of anilines is 1. The molecule has 1 aromatic carbocycles. The first-order valence-corrected chi connectivity index (χ1v) is 7.50. The summed E-state index contributed by atoms with van der Waals surface area (Å²) in [5, 5.41) is 4.16. The average molecular weight is 300 g/mol. The van der Waals surface area contributed by atoms with Crippen LogP contribution in [0.4, 0.5) is 5.69 Å². The molecule has 0 aromatic heterocycles. The third kappa shape index (κ3) is 5.59. The lowest BCUT2D eigenvalue weighted by Crippen LogP contribution is -2.31. The van der Waals surface area contributed by atoms with Gasteiger partial charge < -0.3 is 14.8 Å². The van der Waals surface area contributed by atoms with Gasteiger partial charge >= 0.3 is 0 Å². The van der Waals surface area contributed by atoms with Gasteiger partial charge in [-0.2, -0.15) is 0 Å². The number of halogens is 1. The summed E-state index contributed by atoms with van der Waals surface area (Å²) >= 11 is 6.07. The van der Waals surface area contributed by atoms with Gasteiger partial charge in [-0.1, -0.05) is 18.5 Å². The van der Waals surface area contributed by atoms with Crippen LogP contribution in [-0.4, -0.2) is 25.4 Å². The van der Waals surface area contributed by atoms with Gasteiger partial charge in [-0.15, -0.1) is 0 Å². The van der Waals surface area contributed by atoms with Crippen molar-refractivity contribution in [1.29, 1.82) is 0 Å². The van der Waals surface area contributed by atoms with Crippen molar-refractivity contribution >= 4 is 17.3 Å². The molecular weight excluding hydrogens is 274 g/mol. The van der Waals surface area contributed by atoms with Crippen LogP contribution in [0, 0.1) is 0 Å². The average Bonchev–Trinajstić information content (AvgIpc) is 2.37. The highest BCUT2D eigenvalue weighted by Crippen LogP contribution is 2.30. The van der Waals surface area contributed by atoms with Crippen molar-refractivity contribution in [2.45, 2.75) is 52.2 Å². The maximum absolute atomic E-state index is 6.07. The van der Waals surface area contributed by atoms with Crippen LogP contribution in [-0.2, 0) is 4.74 Å². The summed E-state index contributed by atoms with van der Waals surface area (Å²) in [7, 11) is 1.74. The molecule has 4 heteroatoms. The lowest BCUT2D eigenvalue weighted by molar-refractivity contribution is 0.0128. The predicted molar refractivity (Wildman–Crippen MR) is 86.0 cm³/mol. The maximum atomic E-state index is 6.07. The Hall–Kier alpha value is -0.930. The van der Waals surface area contributed by atoms with Gasteiger partial charge in [0.2, 0.25) is 0 Å². The van der Waals surface area contributed by atoms with Gasteiger partial charge in [0, 0.05) is 18.2 Å².